The van der Waals surface area contributed by atoms with Gasteiger partial charge >= 0.3 is 0 Å². The fourth-order valence-electron chi connectivity index (χ4n) is 3.77. The van der Waals surface area contributed by atoms with E-state index in [4.69, 9.17) is 0 Å². The number of ketones is 1. The van der Waals surface area contributed by atoms with Crippen LogP contribution >= 0.6 is 0 Å². The Labute approximate surface area is 205 Å². The van der Waals surface area contributed by atoms with Crippen LogP contribution in [-0.4, -0.2) is 45.9 Å². The minimum absolute atomic E-state index is 0.0151. The second-order valence-electron chi connectivity index (χ2n) is 8.57. The number of carbonyl (C=O) groups excluding carboxylic acids is 1. The molecule has 0 amide bonds. The molecule has 1 aromatic carbocycles. The van der Waals surface area contributed by atoms with Gasteiger partial charge in [0, 0.05) is 52.9 Å². The molecule has 4 aromatic rings. The van der Waals surface area contributed by atoms with Crippen molar-refractivity contribution < 1.29 is 22.0 Å². The Morgan fingerprint density at radius 1 is 1.11 bits per heavy atom. The highest BCUT2D eigenvalue weighted by Gasteiger charge is 2.26. The van der Waals surface area contributed by atoms with Gasteiger partial charge in [-0.1, -0.05) is 6.92 Å². The number of anilines is 2. The number of hydrogen-bond donors (Lipinski definition) is 3. The molecule has 0 saturated heterocycles. The first-order valence-electron chi connectivity index (χ1n) is 11.3. The molecule has 0 bridgehead atoms. The lowest BCUT2D eigenvalue weighted by Gasteiger charge is -2.11. The molecule has 0 unspecified atom stereocenters. The third-order valence-electron chi connectivity index (χ3n) is 5.73. The minimum Gasteiger partial charge on any atom is -0.351 e. The monoisotopic (exact) mass is 512 g/mol. The average molecular weight is 513 g/mol. The SMILES string of the molecule is CCCS(=O)(=O)Nc1ccc(F)c(C(=O)c2c[nH]c3ncc(-c4cnc(NC5CC5)nc4)cc23)c1F. The summed E-state index contributed by atoms with van der Waals surface area (Å²) < 4.78 is 56.1. The number of sulfonamides is 1. The van der Waals surface area contributed by atoms with E-state index in [-0.39, 0.29) is 11.3 Å². The van der Waals surface area contributed by atoms with E-state index in [1.54, 1.807) is 31.6 Å². The van der Waals surface area contributed by atoms with E-state index in [1.807, 2.05) is 0 Å². The molecule has 1 fully saturated rings. The lowest BCUT2D eigenvalue weighted by molar-refractivity contribution is 0.103. The van der Waals surface area contributed by atoms with Crippen molar-refractivity contribution in [1.82, 2.24) is 19.9 Å². The molecule has 36 heavy (non-hydrogen) atoms. The zero-order valence-corrected chi connectivity index (χ0v) is 20.0. The minimum atomic E-state index is -3.85. The van der Waals surface area contributed by atoms with Gasteiger partial charge in [0.25, 0.3) is 0 Å². The third-order valence-corrected chi connectivity index (χ3v) is 7.20. The summed E-state index contributed by atoms with van der Waals surface area (Å²) in [7, 11) is -3.85. The lowest BCUT2D eigenvalue weighted by Crippen LogP contribution is -2.18. The zero-order chi connectivity index (χ0) is 25.4. The molecule has 1 aliphatic carbocycles. The lowest BCUT2D eigenvalue weighted by atomic mass is 10.0. The summed E-state index contributed by atoms with van der Waals surface area (Å²) in [6.07, 6.45) is 8.62. The number of carbonyl (C=O) groups is 1. The van der Waals surface area contributed by atoms with Crippen molar-refractivity contribution in [2.24, 2.45) is 0 Å². The Balaban J connectivity index is 1.49. The summed E-state index contributed by atoms with van der Waals surface area (Å²) >= 11 is 0. The Morgan fingerprint density at radius 3 is 2.53 bits per heavy atom. The number of fused-ring (bicyclic) bond motifs is 1. The number of hydrogen-bond acceptors (Lipinski definition) is 7. The van der Waals surface area contributed by atoms with Crippen LogP contribution < -0.4 is 10.0 Å². The number of benzene rings is 1. The van der Waals surface area contributed by atoms with E-state index in [1.165, 1.54) is 6.20 Å². The highest BCUT2D eigenvalue weighted by Crippen LogP contribution is 2.30. The number of halogens is 2. The van der Waals surface area contributed by atoms with Crippen LogP contribution in [0.2, 0.25) is 0 Å². The molecular weight excluding hydrogens is 490 g/mol. The van der Waals surface area contributed by atoms with Crippen molar-refractivity contribution in [2.75, 3.05) is 15.8 Å². The van der Waals surface area contributed by atoms with Gasteiger partial charge < -0.3 is 10.3 Å². The standard InChI is InChI=1S/C24H22F2N6O3S/c1-2-7-36(34,35)32-19-6-5-18(25)20(21(19)26)22(33)17-12-28-23-16(17)8-13(9-27-23)14-10-29-24(30-11-14)31-15-3-4-15/h5-6,8-12,15,32H,2-4,7H2,1H3,(H,27,28)(H,29,30,31). The van der Waals surface area contributed by atoms with E-state index in [2.05, 4.69) is 30.0 Å². The maximum Gasteiger partial charge on any atom is 0.232 e. The summed E-state index contributed by atoms with van der Waals surface area (Å²) in [6.45, 7) is 1.65. The van der Waals surface area contributed by atoms with Gasteiger partial charge in [-0.15, -0.1) is 0 Å². The Bertz CT molecular complexity index is 1570. The van der Waals surface area contributed by atoms with E-state index in [0.29, 0.717) is 40.6 Å². The van der Waals surface area contributed by atoms with Crippen molar-refractivity contribution in [2.45, 2.75) is 32.2 Å². The molecular formula is C24H22F2N6O3S. The molecule has 12 heteroatoms. The second-order valence-corrected chi connectivity index (χ2v) is 10.4. The molecule has 0 atom stereocenters. The molecule has 9 nitrogen and oxygen atoms in total. The van der Waals surface area contributed by atoms with Crippen LogP contribution in [0, 0.1) is 11.6 Å². The maximum absolute atomic E-state index is 15.2. The molecule has 0 radical (unpaired) electrons. The summed E-state index contributed by atoms with van der Waals surface area (Å²) in [5, 5.41) is 3.54. The molecule has 0 spiro atoms. The number of aromatic nitrogens is 4. The molecule has 3 aromatic heterocycles. The van der Waals surface area contributed by atoms with Crippen molar-refractivity contribution in [3.8, 4) is 11.1 Å². The number of nitrogens with zero attached hydrogens (tertiary/aromatic N) is 3. The van der Waals surface area contributed by atoms with Crippen LogP contribution in [0.15, 0.2) is 43.0 Å². The molecule has 3 N–H and O–H groups in total. The van der Waals surface area contributed by atoms with Gasteiger partial charge in [0.05, 0.1) is 17.0 Å². The quantitative estimate of drug-likeness (QED) is 0.286. The van der Waals surface area contributed by atoms with E-state index in [9.17, 15) is 17.6 Å². The topological polar surface area (TPSA) is 130 Å². The molecule has 1 aliphatic rings. The number of H-pyrrole nitrogens is 1. The smallest absolute Gasteiger partial charge is 0.232 e. The van der Waals surface area contributed by atoms with Gasteiger partial charge in [-0.2, -0.15) is 0 Å². The fourth-order valence-corrected chi connectivity index (χ4v) is 4.90. The highest BCUT2D eigenvalue weighted by atomic mass is 32.2. The molecule has 186 valence electrons. The van der Waals surface area contributed by atoms with Crippen LogP contribution in [-0.2, 0) is 10.0 Å². The van der Waals surface area contributed by atoms with Crippen LogP contribution in [0.1, 0.15) is 42.1 Å². The van der Waals surface area contributed by atoms with Crippen molar-refractivity contribution in [3.05, 3.63) is 65.7 Å². The summed E-state index contributed by atoms with van der Waals surface area (Å²) in [6, 6.07) is 3.87. The second kappa shape index (κ2) is 9.26. The number of pyridine rings is 1. The predicted molar refractivity (Wildman–Crippen MR) is 131 cm³/mol. The van der Waals surface area contributed by atoms with E-state index >= 15 is 4.39 Å². The predicted octanol–water partition coefficient (Wildman–Crippen LogP) is 4.26. The van der Waals surface area contributed by atoms with Crippen LogP contribution in [0.25, 0.3) is 22.2 Å². The molecule has 3 heterocycles. The van der Waals surface area contributed by atoms with Crippen molar-refractivity contribution in [3.63, 3.8) is 0 Å². The third kappa shape index (κ3) is 4.76. The van der Waals surface area contributed by atoms with Gasteiger partial charge in [0.1, 0.15) is 11.5 Å². The molecule has 5 rings (SSSR count). The number of aromatic amines is 1. The first kappa shape index (κ1) is 23.8. The summed E-state index contributed by atoms with van der Waals surface area (Å²) in [5.74, 6) is -3.07. The van der Waals surface area contributed by atoms with E-state index in [0.717, 1.165) is 25.0 Å². The zero-order valence-electron chi connectivity index (χ0n) is 19.2. The van der Waals surface area contributed by atoms with E-state index < -0.39 is 38.7 Å². The van der Waals surface area contributed by atoms with Gasteiger partial charge in [-0.05, 0) is 37.5 Å². The summed E-state index contributed by atoms with van der Waals surface area (Å²) in [5.41, 5.74) is 0.223. The Hall–Kier alpha value is -3.93. The summed E-state index contributed by atoms with van der Waals surface area (Å²) in [4.78, 5) is 29.0. The largest absolute Gasteiger partial charge is 0.351 e. The molecule has 0 aliphatic heterocycles. The van der Waals surface area contributed by atoms with Gasteiger partial charge in [-0.25, -0.2) is 32.2 Å². The van der Waals surface area contributed by atoms with Crippen LogP contribution in [0.5, 0.6) is 0 Å². The van der Waals surface area contributed by atoms with Gasteiger partial charge in [0.2, 0.25) is 21.8 Å². The van der Waals surface area contributed by atoms with Crippen molar-refractivity contribution >= 4 is 38.5 Å². The first-order valence-corrected chi connectivity index (χ1v) is 13.0. The fraction of sp³-hybridized carbons (Fsp3) is 0.250. The Kier molecular flexibility index (Phi) is 6.12. The number of rotatable bonds is 9. The molecule has 1 saturated carbocycles. The normalized spacial score (nSPS) is 13.6. The van der Waals surface area contributed by atoms with Crippen LogP contribution in [0.3, 0.4) is 0 Å². The van der Waals surface area contributed by atoms with Gasteiger partial charge in [-0.3, -0.25) is 9.52 Å². The highest BCUT2D eigenvalue weighted by molar-refractivity contribution is 7.92. The Morgan fingerprint density at radius 2 is 1.83 bits per heavy atom. The van der Waals surface area contributed by atoms with Crippen molar-refractivity contribution in [1.29, 1.82) is 0 Å². The average Bonchev–Trinajstić information content (AvgIpc) is 3.56. The van der Waals surface area contributed by atoms with Crippen LogP contribution in [0.4, 0.5) is 20.4 Å². The number of nitrogens with one attached hydrogen (secondary N) is 3. The van der Waals surface area contributed by atoms with Gasteiger partial charge in [0.15, 0.2) is 5.82 Å². The first-order chi connectivity index (χ1) is 17.3. The maximum atomic E-state index is 15.2.